The van der Waals surface area contributed by atoms with Crippen molar-refractivity contribution < 1.29 is 13.5 Å². The Labute approximate surface area is 119 Å². The van der Waals surface area contributed by atoms with Gasteiger partial charge in [-0.05, 0) is 56.3 Å². The molecule has 1 aromatic carbocycles. The number of benzene rings is 1. The quantitative estimate of drug-likeness (QED) is 0.783. The summed E-state index contributed by atoms with van der Waals surface area (Å²) >= 11 is 0. The van der Waals surface area contributed by atoms with Crippen LogP contribution in [0.3, 0.4) is 0 Å². The average molecular weight is 283 g/mol. The first-order valence-corrected chi connectivity index (χ1v) is 7.46. The van der Waals surface area contributed by atoms with Crippen LogP contribution in [0.25, 0.3) is 0 Å². The number of hydrogen-bond donors (Lipinski definition) is 1. The predicted molar refractivity (Wildman–Crippen MR) is 75.5 cm³/mol. The van der Waals surface area contributed by atoms with Crippen LogP contribution in [-0.2, 0) is 4.74 Å². The topological polar surface area (TPSA) is 21.3 Å². The average Bonchev–Trinajstić information content (AvgIpc) is 3.21. The summed E-state index contributed by atoms with van der Waals surface area (Å²) in [7, 11) is 0. The second-order valence-electron chi connectivity index (χ2n) is 5.39. The maximum Gasteiger partial charge on any atom is 0.126 e. The molecular weight excluding hydrogens is 260 g/mol. The molecule has 1 fully saturated rings. The van der Waals surface area contributed by atoms with Crippen LogP contribution in [0.1, 0.15) is 44.7 Å². The Bertz CT molecular complexity index is 414. The second-order valence-corrected chi connectivity index (χ2v) is 5.39. The minimum atomic E-state index is -0.533. The lowest BCUT2D eigenvalue weighted by molar-refractivity contribution is 0.0184. The van der Waals surface area contributed by atoms with Gasteiger partial charge < -0.3 is 10.1 Å². The molecule has 2 atom stereocenters. The van der Waals surface area contributed by atoms with Crippen molar-refractivity contribution in [3.05, 3.63) is 35.4 Å². The van der Waals surface area contributed by atoms with Gasteiger partial charge in [-0.2, -0.15) is 0 Å². The fourth-order valence-electron chi connectivity index (χ4n) is 2.60. The van der Waals surface area contributed by atoms with Gasteiger partial charge in [-0.15, -0.1) is 0 Å². The van der Waals surface area contributed by atoms with Crippen LogP contribution in [0.2, 0.25) is 0 Å². The summed E-state index contributed by atoms with van der Waals surface area (Å²) in [6.45, 7) is 5.45. The zero-order valence-electron chi connectivity index (χ0n) is 12.2. The van der Waals surface area contributed by atoms with E-state index in [1.54, 1.807) is 0 Å². The molecule has 4 heteroatoms. The molecule has 1 saturated carbocycles. The molecule has 0 aliphatic heterocycles. The number of nitrogens with one attached hydrogen (secondary N) is 1. The van der Waals surface area contributed by atoms with Gasteiger partial charge in [-0.1, -0.05) is 6.92 Å². The molecule has 112 valence electrons. The summed E-state index contributed by atoms with van der Waals surface area (Å²) in [6, 6.07) is 3.58. The first-order chi connectivity index (χ1) is 9.65. The van der Waals surface area contributed by atoms with E-state index < -0.39 is 11.6 Å². The molecule has 20 heavy (non-hydrogen) atoms. The van der Waals surface area contributed by atoms with Gasteiger partial charge in [0.15, 0.2) is 0 Å². The zero-order valence-corrected chi connectivity index (χ0v) is 12.2. The summed E-state index contributed by atoms with van der Waals surface area (Å²) < 4.78 is 32.8. The summed E-state index contributed by atoms with van der Waals surface area (Å²) in [6.07, 6.45) is 3.23. The van der Waals surface area contributed by atoms with E-state index in [9.17, 15) is 8.78 Å². The Balaban J connectivity index is 2.24. The van der Waals surface area contributed by atoms with E-state index in [0.29, 0.717) is 18.1 Å². The molecule has 0 aromatic heterocycles. The van der Waals surface area contributed by atoms with Gasteiger partial charge in [-0.25, -0.2) is 8.78 Å². The Hall–Kier alpha value is -1.00. The van der Waals surface area contributed by atoms with Crippen LogP contribution in [0, 0.1) is 17.6 Å². The second kappa shape index (κ2) is 7.14. The van der Waals surface area contributed by atoms with Gasteiger partial charge in [0.05, 0.1) is 12.1 Å². The van der Waals surface area contributed by atoms with Crippen molar-refractivity contribution in [1.29, 1.82) is 0 Å². The lowest BCUT2D eigenvalue weighted by Crippen LogP contribution is -2.36. The third-order valence-corrected chi connectivity index (χ3v) is 3.63. The Kier molecular flexibility index (Phi) is 5.49. The Morgan fingerprint density at radius 2 is 1.85 bits per heavy atom. The lowest BCUT2D eigenvalue weighted by Gasteiger charge is -2.28. The van der Waals surface area contributed by atoms with Gasteiger partial charge in [0.25, 0.3) is 0 Å². The van der Waals surface area contributed by atoms with Crippen LogP contribution in [0.4, 0.5) is 8.78 Å². The van der Waals surface area contributed by atoms with Gasteiger partial charge in [0, 0.05) is 12.7 Å². The summed E-state index contributed by atoms with van der Waals surface area (Å²) in [5.41, 5.74) is 0.640. The SMILES string of the molecule is CCCNC(c1cc(F)cc(F)c1)C(OCC)C1CC1. The lowest BCUT2D eigenvalue weighted by atomic mass is 9.97. The van der Waals surface area contributed by atoms with Crippen molar-refractivity contribution in [2.24, 2.45) is 5.92 Å². The Morgan fingerprint density at radius 1 is 1.20 bits per heavy atom. The molecule has 0 amide bonds. The Morgan fingerprint density at radius 3 is 2.35 bits per heavy atom. The van der Waals surface area contributed by atoms with E-state index in [-0.39, 0.29) is 12.1 Å². The minimum absolute atomic E-state index is 0.00671. The highest BCUT2D eigenvalue weighted by atomic mass is 19.1. The third-order valence-electron chi connectivity index (χ3n) is 3.63. The molecule has 0 spiro atoms. The van der Waals surface area contributed by atoms with Crippen molar-refractivity contribution in [2.75, 3.05) is 13.2 Å². The molecule has 1 aliphatic carbocycles. The van der Waals surface area contributed by atoms with Crippen molar-refractivity contribution >= 4 is 0 Å². The van der Waals surface area contributed by atoms with Gasteiger partial charge in [0.1, 0.15) is 11.6 Å². The zero-order chi connectivity index (χ0) is 14.5. The highest BCUT2D eigenvalue weighted by Gasteiger charge is 2.38. The largest absolute Gasteiger partial charge is 0.376 e. The van der Waals surface area contributed by atoms with Crippen molar-refractivity contribution in [3.63, 3.8) is 0 Å². The fourth-order valence-corrected chi connectivity index (χ4v) is 2.60. The number of halogens is 2. The van der Waals surface area contributed by atoms with Crippen LogP contribution >= 0.6 is 0 Å². The fraction of sp³-hybridized carbons (Fsp3) is 0.625. The summed E-state index contributed by atoms with van der Waals surface area (Å²) in [5, 5.41) is 3.39. The van der Waals surface area contributed by atoms with Crippen molar-refractivity contribution in [2.45, 2.75) is 45.3 Å². The minimum Gasteiger partial charge on any atom is -0.376 e. The maximum atomic E-state index is 13.5. The molecule has 0 heterocycles. The summed E-state index contributed by atoms with van der Waals surface area (Å²) in [5.74, 6) is -0.570. The molecular formula is C16H23F2NO. The monoisotopic (exact) mass is 283 g/mol. The van der Waals surface area contributed by atoms with Crippen LogP contribution in [0.15, 0.2) is 18.2 Å². The number of hydrogen-bond acceptors (Lipinski definition) is 2. The van der Waals surface area contributed by atoms with Gasteiger partial charge >= 0.3 is 0 Å². The van der Waals surface area contributed by atoms with Crippen molar-refractivity contribution in [3.8, 4) is 0 Å². The molecule has 2 rings (SSSR count). The van der Waals surface area contributed by atoms with E-state index in [1.165, 1.54) is 12.1 Å². The highest BCUT2D eigenvalue weighted by Crippen LogP contribution is 2.40. The van der Waals surface area contributed by atoms with Crippen LogP contribution in [0.5, 0.6) is 0 Å². The summed E-state index contributed by atoms with van der Waals surface area (Å²) in [4.78, 5) is 0. The van der Waals surface area contributed by atoms with Gasteiger partial charge in [0.2, 0.25) is 0 Å². The number of ether oxygens (including phenoxy) is 1. The smallest absolute Gasteiger partial charge is 0.126 e. The normalized spacial score (nSPS) is 18.0. The first-order valence-electron chi connectivity index (χ1n) is 7.46. The predicted octanol–water partition coefficient (Wildman–Crippen LogP) is 3.82. The molecule has 2 unspecified atom stereocenters. The van der Waals surface area contributed by atoms with Crippen molar-refractivity contribution in [1.82, 2.24) is 5.32 Å². The molecule has 1 aromatic rings. The molecule has 0 bridgehead atoms. The third kappa shape index (κ3) is 4.00. The molecule has 0 saturated heterocycles. The standard InChI is InChI=1S/C16H23F2NO/c1-3-7-19-15(16(20-4-2)11-5-6-11)12-8-13(17)10-14(18)9-12/h8-11,15-16,19H,3-7H2,1-2H3. The van der Waals surface area contributed by atoms with Crippen LogP contribution in [-0.4, -0.2) is 19.3 Å². The number of rotatable bonds is 8. The maximum absolute atomic E-state index is 13.5. The van der Waals surface area contributed by atoms with E-state index >= 15 is 0 Å². The first kappa shape index (κ1) is 15.4. The van der Waals surface area contributed by atoms with Crippen LogP contribution < -0.4 is 5.32 Å². The van der Waals surface area contributed by atoms with E-state index in [1.807, 2.05) is 6.92 Å². The highest BCUT2D eigenvalue weighted by molar-refractivity contribution is 5.23. The van der Waals surface area contributed by atoms with E-state index in [0.717, 1.165) is 31.9 Å². The molecule has 1 aliphatic rings. The van der Waals surface area contributed by atoms with E-state index in [2.05, 4.69) is 12.2 Å². The molecule has 1 N–H and O–H groups in total. The molecule has 0 radical (unpaired) electrons. The van der Waals surface area contributed by atoms with Gasteiger partial charge in [-0.3, -0.25) is 0 Å². The molecule has 2 nitrogen and oxygen atoms in total. The van der Waals surface area contributed by atoms with E-state index in [4.69, 9.17) is 4.74 Å².